The fraction of sp³-hybridized carbons (Fsp3) is 0.500. The Bertz CT molecular complexity index is 797. The second-order valence-corrected chi connectivity index (χ2v) is 7.43. The number of aliphatic imine (C=N–C) groups is 1. The number of rotatable bonds is 1. The van der Waals surface area contributed by atoms with E-state index >= 15 is 0 Å². The smallest absolute Gasteiger partial charge is 0.310 e. The summed E-state index contributed by atoms with van der Waals surface area (Å²) in [6.07, 6.45) is 4.17. The quantitative estimate of drug-likeness (QED) is 0.590. The monoisotopic (exact) mass is 322 g/mol. The van der Waals surface area contributed by atoms with Gasteiger partial charge in [0.1, 0.15) is 0 Å². The van der Waals surface area contributed by atoms with Crippen molar-refractivity contribution in [2.45, 2.75) is 31.2 Å². The topological polar surface area (TPSA) is 41.9 Å². The van der Waals surface area contributed by atoms with Gasteiger partial charge in [0.15, 0.2) is 0 Å². The SMILES string of the molecule is C/C=C1/CN2CC[C@@]34C(=Nc5ccccc53)[C@H]2C[C@H]1[C@H]4C(=O)OC. The van der Waals surface area contributed by atoms with Crippen molar-refractivity contribution in [1.82, 2.24) is 4.90 Å². The molecule has 24 heavy (non-hydrogen) atoms. The number of carbonyl (C=O) groups is 1. The van der Waals surface area contributed by atoms with Crippen LogP contribution in [-0.2, 0) is 14.9 Å². The summed E-state index contributed by atoms with van der Waals surface area (Å²) < 4.78 is 5.31. The normalized spacial score (nSPS) is 37.8. The lowest BCUT2D eigenvalue weighted by Crippen LogP contribution is -2.68. The molecule has 4 atom stereocenters. The molecule has 1 aromatic rings. The summed E-state index contributed by atoms with van der Waals surface area (Å²) >= 11 is 0. The summed E-state index contributed by atoms with van der Waals surface area (Å²) in [5, 5.41) is 0. The van der Waals surface area contributed by atoms with Crippen molar-refractivity contribution in [3.8, 4) is 0 Å². The Morgan fingerprint density at radius 3 is 3.04 bits per heavy atom. The second kappa shape index (κ2) is 4.79. The summed E-state index contributed by atoms with van der Waals surface area (Å²) in [5.41, 5.74) is 4.64. The van der Waals surface area contributed by atoms with Crippen LogP contribution >= 0.6 is 0 Å². The fourth-order valence-corrected chi connectivity index (χ4v) is 5.77. The number of hydrogen-bond acceptors (Lipinski definition) is 4. The highest BCUT2D eigenvalue weighted by molar-refractivity contribution is 6.09. The number of hydrogen-bond donors (Lipinski definition) is 0. The van der Waals surface area contributed by atoms with Gasteiger partial charge in [-0.15, -0.1) is 0 Å². The lowest BCUT2D eigenvalue weighted by atomic mass is 9.51. The zero-order chi connectivity index (χ0) is 16.5. The Labute approximate surface area is 142 Å². The fourth-order valence-electron chi connectivity index (χ4n) is 5.77. The maximum Gasteiger partial charge on any atom is 0.310 e. The highest BCUT2D eigenvalue weighted by Gasteiger charge is 2.65. The van der Waals surface area contributed by atoms with Gasteiger partial charge in [0, 0.05) is 24.8 Å². The Kier molecular flexibility index (Phi) is 2.88. The van der Waals surface area contributed by atoms with Crippen LogP contribution in [0.4, 0.5) is 5.69 Å². The van der Waals surface area contributed by atoms with Gasteiger partial charge in [-0.1, -0.05) is 29.8 Å². The maximum atomic E-state index is 12.9. The van der Waals surface area contributed by atoms with E-state index in [1.165, 1.54) is 24.0 Å². The van der Waals surface area contributed by atoms with E-state index in [4.69, 9.17) is 9.73 Å². The number of piperidine rings is 2. The van der Waals surface area contributed by atoms with Crippen molar-refractivity contribution < 1.29 is 9.53 Å². The summed E-state index contributed by atoms with van der Waals surface area (Å²) in [4.78, 5) is 20.5. The van der Waals surface area contributed by atoms with Crippen LogP contribution in [0.25, 0.3) is 0 Å². The average Bonchev–Trinajstić information content (AvgIpc) is 2.96. The Balaban J connectivity index is 1.79. The van der Waals surface area contributed by atoms with E-state index in [1.807, 2.05) is 6.07 Å². The molecule has 0 unspecified atom stereocenters. The minimum absolute atomic E-state index is 0.0717. The molecule has 4 nitrogen and oxygen atoms in total. The van der Waals surface area contributed by atoms with Gasteiger partial charge in [-0.2, -0.15) is 0 Å². The van der Waals surface area contributed by atoms with Gasteiger partial charge >= 0.3 is 5.97 Å². The lowest BCUT2D eigenvalue weighted by Gasteiger charge is -2.59. The number of esters is 1. The van der Waals surface area contributed by atoms with Gasteiger partial charge in [-0.05, 0) is 37.3 Å². The summed E-state index contributed by atoms with van der Waals surface area (Å²) in [5.74, 6) is 0.0569. The van der Waals surface area contributed by atoms with Crippen molar-refractivity contribution >= 4 is 17.4 Å². The minimum Gasteiger partial charge on any atom is -0.469 e. The van der Waals surface area contributed by atoms with Crippen molar-refractivity contribution in [1.29, 1.82) is 0 Å². The molecule has 0 spiro atoms. The van der Waals surface area contributed by atoms with Crippen molar-refractivity contribution in [3.05, 3.63) is 41.5 Å². The number of nitrogens with zero attached hydrogens (tertiary/aromatic N) is 2. The number of benzene rings is 1. The van der Waals surface area contributed by atoms with E-state index in [2.05, 4.69) is 36.1 Å². The highest BCUT2D eigenvalue weighted by Crippen LogP contribution is 2.60. The molecule has 3 heterocycles. The highest BCUT2D eigenvalue weighted by atomic mass is 16.5. The number of allylic oxidation sites excluding steroid dienone is 1. The molecule has 5 rings (SSSR count). The van der Waals surface area contributed by atoms with Crippen molar-refractivity contribution in [2.24, 2.45) is 16.8 Å². The van der Waals surface area contributed by atoms with Crippen LogP contribution in [0.5, 0.6) is 0 Å². The van der Waals surface area contributed by atoms with Gasteiger partial charge in [0.05, 0.1) is 24.1 Å². The second-order valence-electron chi connectivity index (χ2n) is 7.43. The zero-order valence-electron chi connectivity index (χ0n) is 14.2. The molecular formula is C20H22N2O2. The molecule has 1 aliphatic carbocycles. The molecule has 0 radical (unpaired) electrons. The number of ether oxygens (including phenoxy) is 1. The van der Waals surface area contributed by atoms with E-state index in [0.717, 1.165) is 31.6 Å². The van der Waals surface area contributed by atoms with Crippen molar-refractivity contribution in [3.63, 3.8) is 0 Å². The van der Waals surface area contributed by atoms with Crippen LogP contribution in [0, 0.1) is 11.8 Å². The molecular weight excluding hydrogens is 300 g/mol. The molecule has 124 valence electrons. The molecule has 4 aliphatic rings. The van der Waals surface area contributed by atoms with Gasteiger partial charge in [0.2, 0.25) is 0 Å². The largest absolute Gasteiger partial charge is 0.469 e. The first-order valence-electron chi connectivity index (χ1n) is 8.86. The lowest BCUT2D eigenvalue weighted by molar-refractivity contribution is -0.151. The number of methoxy groups -OCH3 is 1. The van der Waals surface area contributed by atoms with Crippen LogP contribution in [0.1, 0.15) is 25.3 Å². The summed E-state index contributed by atoms with van der Waals surface area (Å²) in [7, 11) is 1.52. The van der Waals surface area contributed by atoms with Gasteiger partial charge in [-0.25, -0.2) is 0 Å². The number of para-hydroxylation sites is 1. The molecule has 4 heteroatoms. The third-order valence-electron chi connectivity index (χ3n) is 6.73. The number of carbonyl (C=O) groups excluding carboxylic acids is 1. The maximum absolute atomic E-state index is 12.9. The van der Waals surface area contributed by atoms with E-state index < -0.39 is 0 Å². The summed E-state index contributed by atoms with van der Waals surface area (Å²) in [6, 6.07) is 8.76. The standard InChI is InChI=1S/C20H22N2O2/c1-3-12-11-22-9-8-20-14-6-4-5-7-15(14)21-18(20)16(22)10-13(12)17(20)19(23)24-2/h3-7,13,16-17H,8-11H2,1-2H3/b12-3-/t13-,16-,17+,20-/m1/s1. The third kappa shape index (κ3) is 1.53. The molecule has 0 N–H and O–H groups in total. The first-order valence-corrected chi connectivity index (χ1v) is 8.86. The summed E-state index contributed by atoms with van der Waals surface area (Å²) in [6.45, 7) is 4.09. The van der Waals surface area contributed by atoms with Crippen LogP contribution in [0.2, 0.25) is 0 Å². The average molecular weight is 322 g/mol. The first kappa shape index (κ1) is 14.4. The first-order chi connectivity index (χ1) is 11.7. The molecule has 1 saturated carbocycles. The zero-order valence-corrected chi connectivity index (χ0v) is 14.2. The minimum atomic E-state index is -0.261. The van der Waals surface area contributed by atoms with E-state index in [9.17, 15) is 4.79 Å². The van der Waals surface area contributed by atoms with Crippen LogP contribution < -0.4 is 0 Å². The van der Waals surface area contributed by atoms with Gasteiger partial charge < -0.3 is 4.74 Å². The Morgan fingerprint density at radius 1 is 1.42 bits per heavy atom. The molecule has 1 aromatic carbocycles. The Hall–Kier alpha value is -1.94. The predicted molar refractivity (Wildman–Crippen MR) is 92.6 cm³/mol. The molecule has 0 aromatic heterocycles. The van der Waals surface area contributed by atoms with E-state index in [1.54, 1.807) is 0 Å². The number of fused-ring (bicyclic) bond motifs is 2. The third-order valence-corrected chi connectivity index (χ3v) is 6.73. The molecule has 3 bridgehead atoms. The van der Waals surface area contributed by atoms with Gasteiger partial charge in [-0.3, -0.25) is 14.7 Å². The van der Waals surface area contributed by atoms with E-state index in [0.29, 0.717) is 6.04 Å². The molecule has 3 fully saturated rings. The van der Waals surface area contributed by atoms with Crippen LogP contribution in [0.3, 0.4) is 0 Å². The van der Waals surface area contributed by atoms with Crippen LogP contribution in [0.15, 0.2) is 40.9 Å². The van der Waals surface area contributed by atoms with Gasteiger partial charge in [0.25, 0.3) is 0 Å². The van der Waals surface area contributed by atoms with E-state index in [-0.39, 0.29) is 23.2 Å². The molecule has 2 saturated heterocycles. The van der Waals surface area contributed by atoms with Crippen LogP contribution in [-0.4, -0.2) is 42.8 Å². The predicted octanol–water partition coefficient (Wildman–Crippen LogP) is 2.85. The molecule has 0 amide bonds. The molecule has 3 aliphatic heterocycles. The van der Waals surface area contributed by atoms with Crippen molar-refractivity contribution in [2.75, 3.05) is 20.2 Å². The Morgan fingerprint density at radius 2 is 2.25 bits per heavy atom.